The lowest BCUT2D eigenvalue weighted by Crippen LogP contribution is -2.45. The molecule has 2 bridgehead atoms. The molecule has 1 nitrogen and oxygen atoms in total. The van der Waals surface area contributed by atoms with E-state index in [1.54, 1.807) is 0 Å². The highest BCUT2D eigenvalue weighted by molar-refractivity contribution is 5.28. The summed E-state index contributed by atoms with van der Waals surface area (Å²) in [4.78, 5) is 0. The smallest absolute Gasteiger partial charge is 0.0636 e. The molecule has 1 unspecified atom stereocenters. The number of fused-ring (bicyclic) bond motifs is 5. The minimum Gasteiger partial charge on any atom is -0.392 e. The van der Waals surface area contributed by atoms with E-state index in [1.807, 2.05) is 0 Å². The summed E-state index contributed by atoms with van der Waals surface area (Å²) < 4.78 is 0. The summed E-state index contributed by atoms with van der Waals surface area (Å²) in [6.45, 7) is 11.5. The Morgan fingerprint density at radius 3 is 2.56 bits per heavy atom. The molecule has 0 aromatic heterocycles. The fourth-order valence-corrected chi connectivity index (χ4v) is 5.46. The van der Waals surface area contributed by atoms with E-state index in [0.717, 1.165) is 6.42 Å². The molecule has 90 valence electrons. The Bertz CT molecular complexity index is 360. The third kappa shape index (κ3) is 0.860. The number of aliphatic hydroxyl groups is 1. The first-order valence-electron chi connectivity index (χ1n) is 6.71. The van der Waals surface area contributed by atoms with Crippen LogP contribution in [0.2, 0.25) is 0 Å². The van der Waals surface area contributed by atoms with Gasteiger partial charge in [0, 0.05) is 5.41 Å². The van der Waals surface area contributed by atoms with Gasteiger partial charge >= 0.3 is 0 Å². The van der Waals surface area contributed by atoms with Crippen LogP contribution in [0.25, 0.3) is 0 Å². The van der Waals surface area contributed by atoms with Gasteiger partial charge in [-0.3, -0.25) is 0 Å². The third-order valence-corrected chi connectivity index (χ3v) is 6.97. The van der Waals surface area contributed by atoms with Crippen LogP contribution >= 0.6 is 0 Å². The molecule has 1 N–H and O–H groups in total. The third-order valence-electron chi connectivity index (χ3n) is 6.97. The van der Waals surface area contributed by atoms with E-state index < -0.39 is 0 Å². The molecule has 0 aromatic rings. The number of aliphatic hydroxyl groups excluding tert-OH is 1. The van der Waals surface area contributed by atoms with Gasteiger partial charge in [0.2, 0.25) is 0 Å². The van der Waals surface area contributed by atoms with E-state index in [9.17, 15) is 5.11 Å². The molecule has 0 spiro atoms. The molecule has 0 saturated heterocycles. The van der Waals surface area contributed by atoms with Crippen molar-refractivity contribution in [2.75, 3.05) is 0 Å². The molecule has 16 heavy (non-hydrogen) atoms. The van der Waals surface area contributed by atoms with E-state index in [4.69, 9.17) is 0 Å². The highest BCUT2D eigenvalue weighted by Gasteiger charge is 2.70. The van der Waals surface area contributed by atoms with Gasteiger partial charge < -0.3 is 5.11 Å². The van der Waals surface area contributed by atoms with Crippen LogP contribution in [-0.2, 0) is 0 Å². The predicted molar refractivity (Wildman–Crippen MR) is 66.0 cm³/mol. The van der Waals surface area contributed by atoms with Crippen LogP contribution in [0, 0.1) is 22.2 Å². The van der Waals surface area contributed by atoms with E-state index >= 15 is 0 Å². The first-order valence-corrected chi connectivity index (χ1v) is 6.71. The molecule has 5 atom stereocenters. The lowest BCUT2D eigenvalue weighted by Gasteiger charge is -2.47. The molecule has 0 aliphatic heterocycles. The van der Waals surface area contributed by atoms with Crippen LogP contribution in [0.15, 0.2) is 12.2 Å². The monoisotopic (exact) mass is 220 g/mol. The van der Waals surface area contributed by atoms with Crippen molar-refractivity contribution in [3.05, 3.63) is 12.2 Å². The topological polar surface area (TPSA) is 20.2 Å². The second kappa shape index (κ2) is 2.75. The normalized spacial score (nSPS) is 60.1. The zero-order valence-electron chi connectivity index (χ0n) is 10.8. The molecule has 3 fully saturated rings. The first-order chi connectivity index (χ1) is 7.35. The van der Waals surface area contributed by atoms with Crippen LogP contribution in [-0.4, -0.2) is 11.2 Å². The maximum atomic E-state index is 10.5. The Morgan fingerprint density at radius 1 is 1.19 bits per heavy atom. The van der Waals surface area contributed by atoms with Crippen molar-refractivity contribution >= 4 is 0 Å². The molecule has 3 saturated carbocycles. The van der Waals surface area contributed by atoms with Crippen molar-refractivity contribution in [3.63, 3.8) is 0 Å². The summed E-state index contributed by atoms with van der Waals surface area (Å²) in [6.07, 6.45) is 5.79. The van der Waals surface area contributed by atoms with Crippen LogP contribution < -0.4 is 0 Å². The largest absolute Gasteiger partial charge is 0.392 e. The summed E-state index contributed by atoms with van der Waals surface area (Å²) in [5.74, 6) is 0.661. The van der Waals surface area contributed by atoms with Crippen molar-refractivity contribution in [3.8, 4) is 0 Å². The molecule has 0 amide bonds. The molecule has 0 radical (unpaired) electrons. The van der Waals surface area contributed by atoms with Crippen LogP contribution in [0.1, 0.15) is 52.9 Å². The molecular weight excluding hydrogens is 196 g/mol. The molecule has 3 aliphatic rings. The number of hydrogen-bond acceptors (Lipinski definition) is 1. The zero-order chi connectivity index (χ0) is 11.8. The lowest BCUT2D eigenvalue weighted by molar-refractivity contribution is -0.0600. The minimum absolute atomic E-state index is 0.129. The average Bonchev–Trinajstić information content (AvgIpc) is 2.57. The second-order valence-corrected chi connectivity index (χ2v) is 7.16. The molecule has 3 aliphatic carbocycles. The highest BCUT2D eigenvalue weighted by atomic mass is 16.3. The lowest BCUT2D eigenvalue weighted by atomic mass is 9.58. The van der Waals surface area contributed by atoms with Crippen molar-refractivity contribution in [1.29, 1.82) is 0 Å². The Kier molecular flexibility index (Phi) is 1.86. The minimum atomic E-state index is -0.166. The number of rotatable bonds is 0. The quantitative estimate of drug-likeness (QED) is 0.619. The summed E-state index contributed by atoms with van der Waals surface area (Å²) in [5, 5.41) is 10.5. The predicted octanol–water partition coefficient (Wildman–Crippen LogP) is 3.53. The van der Waals surface area contributed by atoms with Crippen LogP contribution in [0.3, 0.4) is 0 Å². The van der Waals surface area contributed by atoms with E-state index in [-0.39, 0.29) is 11.5 Å². The van der Waals surface area contributed by atoms with E-state index in [0.29, 0.717) is 16.7 Å². The van der Waals surface area contributed by atoms with E-state index in [1.165, 1.54) is 31.3 Å². The summed E-state index contributed by atoms with van der Waals surface area (Å²) in [6, 6.07) is 0. The highest BCUT2D eigenvalue weighted by Crippen LogP contribution is 2.76. The Balaban J connectivity index is 2.18. The zero-order valence-corrected chi connectivity index (χ0v) is 10.8. The van der Waals surface area contributed by atoms with Gasteiger partial charge in [-0.05, 0) is 42.4 Å². The second-order valence-electron chi connectivity index (χ2n) is 7.16. The van der Waals surface area contributed by atoms with Crippen LogP contribution in [0.4, 0.5) is 0 Å². The van der Waals surface area contributed by atoms with Gasteiger partial charge in [0.15, 0.2) is 0 Å². The van der Waals surface area contributed by atoms with Crippen molar-refractivity contribution < 1.29 is 5.11 Å². The Hall–Kier alpha value is -0.300. The van der Waals surface area contributed by atoms with Crippen LogP contribution in [0.5, 0.6) is 0 Å². The Labute approximate surface area is 98.9 Å². The van der Waals surface area contributed by atoms with Gasteiger partial charge in [0.25, 0.3) is 0 Å². The van der Waals surface area contributed by atoms with Crippen molar-refractivity contribution in [2.45, 2.75) is 59.0 Å². The van der Waals surface area contributed by atoms with Crippen molar-refractivity contribution in [1.82, 2.24) is 0 Å². The van der Waals surface area contributed by atoms with Gasteiger partial charge in [-0.15, -0.1) is 0 Å². The molecule has 0 aromatic carbocycles. The SMILES string of the molecule is C=C1C[C@H](O)[C@]2(C)CC1[C@]1(C)CCC[C@@]12C. The number of hydrogen-bond donors (Lipinski definition) is 1. The molecular formula is C15H24O. The maximum Gasteiger partial charge on any atom is 0.0636 e. The van der Waals surface area contributed by atoms with Crippen molar-refractivity contribution in [2.24, 2.45) is 22.2 Å². The fourth-order valence-electron chi connectivity index (χ4n) is 5.46. The average molecular weight is 220 g/mol. The van der Waals surface area contributed by atoms with E-state index in [2.05, 4.69) is 27.4 Å². The fraction of sp³-hybridized carbons (Fsp3) is 0.867. The molecule has 3 rings (SSSR count). The van der Waals surface area contributed by atoms with Gasteiger partial charge in [-0.25, -0.2) is 0 Å². The van der Waals surface area contributed by atoms with Gasteiger partial charge in [-0.2, -0.15) is 0 Å². The maximum absolute atomic E-state index is 10.5. The molecule has 0 heterocycles. The van der Waals surface area contributed by atoms with Gasteiger partial charge in [0.1, 0.15) is 0 Å². The van der Waals surface area contributed by atoms with Gasteiger partial charge in [-0.1, -0.05) is 39.3 Å². The summed E-state index contributed by atoms with van der Waals surface area (Å²) in [5.41, 5.74) is 2.17. The summed E-state index contributed by atoms with van der Waals surface area (Å²) >= 11 is 0. The standard InChI is InChI=1S/C15H24O/c1-10-8-12(16)14(3)9-11(10)13(2)6-5-7-15(13,14)4/h11-12,16H,1,5-9H2,2-4H3/t11?,12-,13-,14-,15-/m0/s1. The Morgan fingerprint density at radius 2 is 1.88 bits per heavy atom. The summed E-state index contributed by atoms with van der Waals surface area (Å²) in [7, 11) is 0. The molecule has 1 heteroatoms. The van der Waals surface area contributed by atoms with Gasteiger partial charge in [0.05, 0.1) is 6.10 Å². The first kappa shape index (κ1) is 10.8.